The summed E-state index contributed by atoms with van der Waals surface area (Å²) in [6, 6.07) is 4.74. The molecule has 0 aliphatic heterocycles. The third kappa shape index (κ3) is 4.74. The fourth-order valence-electron chi connectivity index (χ4n) is 2.00. The predicted octanol–water partition coefficient (Wildman–Crippen LogP) is 2.35. The highest BCUT2D eigenvalue weighted by Gasteiger charge is 2.24. The van der Waals surface area contributed by atoms with Crippen molar-refractivity contribution < 1.29 is 14.6 Å². The normalized spacial score (nSPS) is 12.8. The topological polar surface area (TPSA) is 84.6 Å². The minimum Gasteiger partial charge on any atom is -0.506 e. The molecule has 0 fully saturated rings. The molecule has 112 valence electrons. The highest BCUT2D eigenvalue weighted by Crippen LogP contribution is 2.29. The molecule has 0 saturated heterocycles. The van der Waals surface area contributed by atoms with Crippen LogP contribution in [-0.4, -0.2) is 24.7 Å². The van der Waals surface area contributed by atoms with E-state index in [0.29, 0.717) is 17.9 Å². The highest BCUT2D eigenvalue weighted by molar-refractivity contribution is 5.94. The maximum Gasteiger partial charge on any atom is 0.228 e. The van der Waals surface area contributed by atoms with Crippen molar-refractivity contribution in [3.63, 3.8) is 0 Å². The Balaban J connectivity index is 2.78. The van der Waals surface area contributed by atoms with Crippen molar-refractivity contribution in [3.8, 4) is 11.5 Å². The zero-order chi connectivity index (χ0) is 15.3. The molecule has 1 unspecified atom stereocenters. The number of nitrogens with two attached hydrogens (primary N) is 1. The first-order chi connectivity index (χ1) is 9.26. The lowest BCUT2D eigenvalue weighted by atomic mass is 9.84. The second-order valence-corrected chi connectivity index (χ2v) is 6.07. The van der Waals surface area contributed by atoms with Gasteiger partial charge in [0.2, 0.25) is 5.91 Å². The van der Waals surface area contributed by atoms with E-state index in [4.69, 9.17) is 10.5 Å². The summed E-state index contributed by atoms with van der Waals surface area (Å²) in [5.41, 5.74) is 6.06. The van der Waals surface area contributed by atoms with Crippen molar-refractivity contribution in [3.05, 3.63) is 18.2 Å². The third-order valence-electron chi connectivity index (χ3n) is 2.98. The van der Waals surface area contributed by atoms with Gasteiger partial charge in [-0.1, -0.05) is 20.8 Å². The van der Waals surface area contributed by atoms with Gasteiger partial charge in [0.05, 0.1) is 18.7 Å². The Kier molecular flexibility index (Phi) is 5.39. The Morgan fingerprint density at radius 2 is 2.10 bits per heavy atom. The Morgan fingerprint density at radius 3 is 2.55 bits per heavy atom. The number of ether oxygens (including phenoxy) is 1. The smallest absolute Gasteiger partial charge is 0.228 e. The van der Waals surface area contributed by atoms with Crippen LogP contribution in [0.3, 0.4) is 0 Å². The zero-order valence-electron chi connectivity index (χ0n) is 12.6. The first-order valence-electron chi connectivity index (χ1n) is 6.65. The molecule has 5 nitrogen and oxygen atoms in total. The van der Waals surface area contributed by atoms with Gasteiger partial charge in [-0.3, -0.25) is 4.79 Å². The van der Waals surface area contributed by atoms with Crippen LogP contribution in [0, 0.1) is 11.3 Å². The van der Waals surface area contributed by atoms with Gasteiger partial charge in [-0.15, -0.1) is 0 Å². The molecule has 1 aromatic carbocycles. The van der Waals surface area contributed by atoms with Gasteiger partial charge in [-0.25, -0.2) is 0 Å². The van der Waals surface area contributed by atoms with E-state index in [-0.39, 0.29) is 29.5 Å². The maximum atomic E-state index is 12.2. The number of hydrogen-bond donors (Lipinski definition) is 3. The summed E-state index contributed by atoms with van der Waals surface area (Å²) in [7, 11) is 1.51. The molecular formula is C15H24N2O3. The molecule has 1 rings (SSSR count). The summed E-state index contributed by atoms with van der Waals surface area (Å²) in [5, 5.41) is 12.5. The summed E-state index contributed by atoms with van der Waals surface area (Å²) >= 11 is 0. The number of benzene rings is 1. The largest absolute Gasteiger partial charge is 0.506 e. The number of carbonyl (C=O) groups excluding carboxylic acids is 1. The molecule has 0 aliphatic carbocycles. The third-order valence-corrected chi connectivity index (χ3v) is 2.98. The number of phenolic OH excluding ortho intramolecular Hbond substituents is 1. The van der Waals surface area contributed by atoms with Crippen LogP contribution in [-0.2, 0) is 4.79 Å². The summed E-state index contributed by atoms with van der Waals surface area (Å²) in [5.74, 6) is 0.0502. The minimum absolute atomic E-state index is 0.0172. The van der Waals surface area contributed by atoms with E-state index in [1.807, 2.05) is 0 Å². The lowest BCUT2D eigenvalue weighted by molar-refractivity contribution is -0.120. The van der Waals surface area contributed by atoms with Crippen LogP contribution in [0.4, 0.5) is 5.69 Å². The molecule has 0 radical (unpaired) electrons. The van der Waals surface area contributed by atoms with Crippen LogP contribution in [0.1, 0.15) is 27.2 Å². The van der Waals surface area contributed by atoms with Crippen LogP contribution in [0.25, 0.3) is 0 Å². The molecule has 0 heterocycles. The maximum absolute atomic E-state index is 12.2. The summed E-state index contributed by atoms with van der Waals surface area (Å²) in [6.07, 6.45) is 0.687. The van der Waals surface area contributed by atoms with Crippen LogP contribution in [0.5, 0.6) is 11.5 Å². The van der Waals surface area contributed by atoms with Crippen LogP contribution in [0.15, 0.2) is 18.2 Å². The zero-order valence-corrected chi connectivity index (χ0v) is 12.6. The quantitative estimate of drug-likeness (QED) is 0.723. The molecule has 5 heteroatoms. The second-order valence-electron chi connectivity index (χ2n) is 6.07. The number of amides is 1. The van der Waals surface area contributed by atoms with Gasteiger partial charge in [0.15, 0.2) is 0 Å². The first-order valence-corrected chi connectivity index (χ1v) is 6.65. The molecule has 1 amide bonds. The number of carbonyl (C=O) groups is 1. The molecule has 0 bridgehead atoms. The van der Waals surface area contributed by atoms with E-state index < -0.39 is 0 Å². The number of nitrogens with one attached hydrogen (secondary N) is 1. The average molecular weight is 280 g/mol. The molecule has 1 aromatic rings. The lowest BCUT2D eigenvalue weighted by Crippen LogP contribution is -2.32. The summed E-state index contributed by atoms with van der Waals surface area (Å²) in [6.45, 7) is 6.47. The van der Waals surface area contributed by atoms with Gasteiger partial charge < -0.3 is 20.9 Å². The molecule has 20 heavy (non-hydrogen) atoms. The standard InChI is InChI=1S/C15H24N2O3/c1-15(2,3)8-10(9-16)14(19)17-12-6-5-11(20-4)7-13(12)18/h5-7,10,18H,8-9,16H2,1-4H3,(H,17,19). The summed E-state index contributed by atoms with van der Waals surface area (Å²) in [4.78, 5) is 12.2. The first kappa shape index (κ1) is 16.3. The van der Waals surface area contributed by atoms with E-state index in [9.17, 15) is 9.90 Å². The Hall–Kier alpha value is -1.75. The predicted molar refractivity (Wildman–Crippen MR) is 79.9 cm³/mol. The minimum atomic E-state index is -0.281. The molecule has 4 N–H and O–H groups in total. The van der Waals surface area contributed by atoms with Gasteiger partial charge in [-0.2, -0.15) is 0 Å². The van der Waals surface area contributed by atoms with E-state index in [1.165, 1.54) is 13.2 Å². The van der Waals surface area contributed by atoms with Gasteiger partial charge in [0.25, 0.3) is 0 Å². The molecule has 0 spiro atoms. The SMILES string of the molecule is COc1ccc(NC(=O)C(CN)CC(C)(C)C)c(O)c1. The van der Waals surface area contributed by atoms with Crippen molar-refractivity contribution in [2.24, 2.45) is 17.1 Å². The molecule has 1 atom stereocenters. The van der Waals surface area contributed by atoms with Crippen molar-refractivity contribution >= 4 is 11.6 Å². The summed E-state index contributed by atoms with van der Waals surface area (Å²) < 4.78 is 5.00. The Morgan fingerprint density at radius 1 is 1.45 bits per heavy atom. The number of methoxy groups -OCH3 is 1. The van der Waals surface area contributed by atoms with Crippen molar-refractivity contribution in [1.82, 2.24) is 0 Å². The number of hydrogen-bond acceptors (Lipinski definition) is 4. The highest BCUT2D eigenvalue weighted by atomic mass is 16.5. The van der Waals surface area contributed by atoms with Gasteiger partial charge >= 0.3 is 0 Å². The van der Waals surface area contributed by atoms with Crippen LogP contribution in [0.2, 0.25) is 0 Å². The number of aromatic hydroxyl groups is 1. The lowest BCUT2D eigenvalue weighted by Gasteiger charge is -2.24. The monoisotopic (exact) mass is 280 g/mol. The fraction of sp³-hybridized carbons (Fsp3) is 0.533. The van der Waals surface area contributed by atoms with Gasteiger partial charge in [-0.05, 0) is 24.0 Å². The van der Waals surface area contributed by atoms with Crippen molar-refractivity contribution in [2.75, 3.05) is 19.0 Å². The van der Waals surface area contributed by atoms with E-state index in [2.05, 4.69) is 26.1 Å². The average Bonchev–Trinajstić information content (AvgIpc) is 2.37. The molecule has 0 saturated carbocycles. The number of phenols is 1. The van der Waals surface area contributed by atoms with Gasteiger partial charge in [0.1, 0.15) is 11.5 Å². The number of anilines is 1. The molecular weight excluding hydrogens is 256 g/mol. The van der Waals surface area contributed by atoms with E-state index in [0.717, 1.165) is 0 Å². The van der Waals surface area contributed by atoms with Crippen molar-refractivity contribution in [2.45, 2.75) is 27.2 Å². The van der Waals surface area contributed by atoms with E-state index in [1.54, 1.807) is 12.1 Å². The second kappa shape index (κ2) is 6.61. The van der Waals surface area contributed by atoms with Crippen LogP contribution >= 0.6 is 0 Å². The molecule has 0 aromatic heterocycles. The number of rotatable bonds is 5. The van der Waals surface area contributed by atoms with E-state index >= 15 is 0 Å². The Labute approximate surface area is 120 Å². The fourth-order valence-corrected chi connectivity index (χ4v) is 2.00. The Bertz CT molecular complexity index is 467. The van der Waals surface area contributed by atoms with Crippen molar-refractivity contribution in [1.29, 1.82) is 0 Å². The van der Waals surface area contributed by atoms with Gasteiger partial charge in [0, 0.05) is 12.6 Å². The molecule has 0 aliphatic rings. The van der Waals surface area contributed by atoms with Crippen LogP contribution < -0.4 is 15.8 Å².